The van der Waals surface area contributed by atoms with Crippen LogP contribution in [0.4, 0.5) is 0 Å². The molecule has 7 nitrogen and oxygen atoms in total. The molecule has 7 heteroatoms. The standard InChI is InChI=1S/C18H29N5O2/c1-12(2)16(24)15(9-6-10-22-18(20)21)23-17(25)14(19)11-13-7-4-3-5-8-13/h3-5,7-8,12,14-15H,6,9-11,19H2,1-2H3,(H,23,25)(H4,20,21,22). The van der Waals surface area contributed by atoms with Crippen LogP contribution in [-0.4, -0.2) is 36.3 Å². The Hall–Kier alpha value is -2.41. The van der Waals surface area contributed by atoms with Gasteiger partial charge in [0.05, 0.1) is 12.1 Å². The van der Waals surface area contributed by atoms with E-state index in [0.717, 1.165) is 5.56 Å². The van der Waals surface area contributed by atoms with Crippen LogP contribution in [0.2, 0.25) is 0 Å². The molecule has 7 N–H and O–H groups in total. The lowest BCUT2D eigenvalue weighted by atomic mass is 9.97. The van der Waals surface area contributed by atoms with Crippen molar-refractivity contribution in [3.63, 3.8) is 0 Å². The minimum Gasteiger partial charge on any atom is -0.370 e. The van der Waals surface area contributed by atoms with Gasteiger partial charge in [-0.05, 0) is 24.8 Å². The Labute approximate surface area is 149 Å². The van der Waals surface area contributed by atoms with E-state index in [4.69, 9.17) is 16.9 Å². The molecule has 25 heavy (non-hydrogen) atoms. The minimum absolute atomic E-state index is 0.0249. The van der Waals surface area contributed by atoms with Crippen LogP contribution in [0.1, 0.15) is 32.3 Å². The molecule has 2 atom stereocenters. The Kier molecular flexibility index (Phi) is 8.63. The third-order valence-electron chi connectivity index (χ3n) is 3.85. The smallest absolute Gasteiger partial charge is 0.237 e. The van der Waals surface area contributed by atoms with E-state index in [9.17, 15) is 9.59 Å². The third-order valence-corrected chi connectivity index (χ3v) is 3.85. The highest BCUT2D eigenvalue weighted by Crippen LogP contribution is 2.08. The van der Waals surface area contributed by atoms with Gasteiger partial charge < -0.3 is 22.1 Å². The number of amides is 1. The summed E-state index contributed by atoms with van der Waals surface area (Å²) in [6, 6.07) is 8.24. The van der Waals surface area contributed by atoms with Crippen molar-refractivity contribution < 1.29 is 9.59 Å². The summed E-state index contributed by atoms with van der Waals surface area (Å²) in [7, 11) is 0. The van der Waals surface area contributed by atoms with Gasteiger partial charge in [-0.2, -0.15) is 0 Å². The zero-order chi connectivity index (χ0) is 18.8. The van der Waals surface area contributed by atoms with Crippen molar-refractivity contribution >= 4 is 17.6 Å². The SMILES string of the molecule is CC(C)C(=O)C(CCCNC(=N)N)NC(=O)C(N)Cc1ccccc1. The highest BCUT2D eigenvalue weighted by molar-refractivity contribution is 5.91. The van der Waals surface area contributed by atoms with E-state index in [0.29, 0.717) is 25.8 Å². The van der Waals surface area contributed by atoms with Crippen molar-refractivity contribution in [2.45, 2.75) is 45.2 Å². The zero-order valence-corrected chi connectivity index (χ0v) is 14.9. The highest BCUT2D eigenvalue weighted by atomic mass is 16.2. The van der Waals surface area contributed by atoms with Crippen LogP contribution < -0.4 is 22.1 Å². The lowest BCUT2D eigenvalue weighted by molar-refractivity contribution is -0.130. The number of guanidine groups is 1. The number of nitrogens with two attached hydrogens (primary N) is 2. The zero-order valence-electron chi connectivity index (χ0n) is 14.9. The minimum atomic E-state index is -0.708. The lowest BCUT2D eigenvalue weighted by Gasteiger charge is -2.22. The van der Waals surface area contributed by atoms with Gasteiger partial charge in [-0.3, -0.25) is 15.0 Å². The summed E-state index contributed by atoms with van der Waals surface area (Å²) < 4.78 is 0. The molecule has 0 saturated carbocycles. The number of hydrogen-bond acceptors (Lipinski definition) is 4. The van der Waals surface area contributed by atoms with Crippen LogP contribution >= 0.6 is 0 Å². The molecule has 0 saturated heterocycles. The quantitative estimate of drug-likeness (QED) is 0.239. The molecule has 138 valence electrons. The molecule has 0 aliphatic heterocycles. The number of ketones is 1. The molecule has 0 fully saturated rings. The summed E-state index contributed by atoms with van der Waals surface area (Å²) in [5.74, 6) is -0.650. The Morgan fingerprint density at radius 1 is 1.20 bits per heavy atom. The van der Waals surface area contributed by atoms with Crippen LogP contribution in [0.15, 0.2) is 30.3 Å². The van der Waals surface area contributed by atoms with E-state index in [1.165, 1.54) is 0 Å². The number of hydrogen-bond donors (Lipinski definition) is 5. The van der Waals surface area contributed by atoms with E-state index in [1.807, 2.05) is 30.3 Å². The van der Waals surface area contributed by atoms with Crippen molar-refractivity contribution in [3.8, 4) is 0 Å². The second-order valence-electron chi connectivity index (χ2n) is 6.40. The van der Waals surface area contributed by atoms with Crippen molar-refractivity contribution in [2.75, 3.05) is 6.54 Å². The molecule has 0 aliphatic carbocycles. The molecule has 0 bridgehead atoms. The first-order valence-corrected chi connectivity index (χ1v) is 8.52. The molecule has 1 aromatic carbocycles. The fourth-order valence-corrected chi connectivity index (χ4v) is 2.46. The molecule has 0 heterocycles. The van der Waals surface area contributed by atoms with Gasteiger partial charge in [-0.15, -0.1) is 0 Å². The summed E-state index contributed by atoms with van der Waals surface area (Å²) in [6.45, 7) is 4.08. The molecule has 0 aromatic heterocycles. The lowest BCUT2D eigenvalue weighted by Crippen LogP contribution is -2.50. The van der Waals surface area contributed by atoms with Gasteiger partial charge in [0, 0.05) is 12.5 Å². The number of Topliss-reactive ketones (excluding diaryl/α,β-unsaturated/α-hetero) is 1. The molecule has 0 radical (unpaired) electrons. The second kappa shape index (κ2) is 10.5. The monoisotopic (exact) mass is 347 g/mol. The predicted octanol–water partition coefficient (Wildman–Crippen LogP) is 0.530. The Balaban J connectivity index is 2.60. The maximum atomic E-state index is 12.4. The molecule has 1 amide bonds. The first-order valence-electron chi connectivity index (χ1n) is 8.52. The summed E-state index contributed by atoms with van der Waals surface area (Å²) >= 11 is 0. The first kappa shape index (κ1) is 20.6. The van der Waals surface area contributed by atoms with Crippen molar-refractivity contribution in [3.05, 3.63) is 35.9 Å². The van der Waals surface area contributed by atoms with Crippen LogP contribution in [0.25, 0.3) is 0 Å². The maximum absolute atomic E-state index is 12.4. The van der Waals surface area contributed by atoms with Crippen molar-refractivity contribution in [1.29, 1.82) is 5.41 Å². The fraction of sp³-hybridized carbons (Fsp3) is 0.500. The summed E-state index contributed by atoms with van der Waals surface area (Å²) in [6.07, 6.45) is 1.50. The van der Waals surface area contributed by atoms with Gasteiger partial charge in [-0.25, -0.2) is 0 Å². The summed E-state index contributed by atoms with van der Waals surface area (Å²) in [4.78, 5) is 24.7. The van der Waals surface area contributed by atoms with Crippen molar-refractivity contribution in [1.82, 2.24) is 10.6 Å². The molecular formula is C18H29N5O2. The second-order valence-corrected chi connectivity index (χ2v) is 6.40. The summed E-state index contributed by atoms with van der Waals surface area (Å²) in [5.41, 5.74) is 12.2. The van der Waals surface area contributed by atoms with Gasteiger partial charge >= 0.3 is 0 Å². The van der Waals surface area contributed by atoms with E-state index >= 15 is 0 Å². The maximum Gasteiger partial charge on any atom is 0.237 e. The predicted molar refractivity (Wildman–Crippen MR) is 99.0 cm³/mol. The molecule has 0 aliphatic rings. The number of carbonyl (C=O) groups is 2. The number of carbonyl (C=O) groups excluding carboxylic acids is 2. The molecular weight excluding hydrogens is 318 g/mol. The fourth-order valence-electron chi connectivity index (χ4n) is 2.46. The average molecular weight is 347 g/mol. The Morgan fingerprint density at radius 2 is 1.84 bits per heavy atom. The van der Waals surface area contributed by atoms with Crippen LogP contribution in [0, 0.1) is 11.3 Å². The highest BCUT2D eigenvalue weighted by Gasteiger charge is 2.25. The van der Waals surface area contributed by atoms with E-state index in [1.54, 1.807) is 13.8 Å². The number of nitrogens with one attached hydrogen (secondary N) is 3. The summed E-state index contributed by atoms with van der Waals surface area (Å²) in [5, 5.41) is 12.6. The molecule has 1 aromatic rings. The average Bonchev–Trinajstić information content (AvgIpc) is 2.57. The third kappa shape index (κ3) is 7.80. The van der Waals surface area contributed by atoms with Gasteiger partial charge in [-0.1, -0.05) is 44.2 Å². The topological polar surface area (TPSA) is 134 Å². The van der Waals surface area contributed by atoms with Crippen molar-refractivity contribution in [2.24, 2.45) is 17.4 Å². The van der Waals surface area contributed by atoms with Crippen LogP contribution in [-0.2, 0) is 16.0 Å². The van der Waals surface area contributed by atoms with E-state index in [2.05, 4.69) is 10.6 Å². The number of benzene rings is 1. The van der Waals surface area contributed by atoms with E-state index < -0.39 is 12.1 Å². The Morgan fingerprint density at radius 3 is 2.40 bits per heavy atom. The van der Waals surface area contributed by atoms with Gasteiger partial charge in [0.25, 0.3) is 0 Å². The van der Waals surface area contributed by atoms with Gasteiger partial charge in [0.15, 0.2) is 11.7 Å². The van der Waals surface area contributed by atoms with Gasteiger partial charge in [0.2, 0.25) is 5.91 Å². The molecule has 2 unspecified atom stereocenters. The molecule has 0 spiro atoms. The Bertz CT molecular complexity index is 574. The first-order chi connectivity index (χ1) is 11.8. The van der Waals surface area contributed by atoms with Crippen LogP contribution in [0.5, 0.6) is 0 Å². The molecule has 1 rings (SSSR count). The van der Waals surface area contributed by atoms with Crippen LogP contribution in [0.3, 0.4) is 0 Å². The number of rotatable bonds is 10. The van der Waals surface area contributed by atoms with Gasteiger partial charge in [0.1, 0.15) is 0 Å². The largest absolute Gasteiger partial charge is 0.370 e. The normalized spacial score (nSPS) is 13.1. The van der Waals surface area contributed by atoms with E-state index in [-0.39, 0.29) is 23.6 Å².